The number of ether oxygens (including phenoxy) is 1. The molecule has 0 atom stereocenters. The van der Waals surface area contributed by atoms with Crippen LogP contribution in [0.2, 0.25) is 0 Å². The van der Waals surface area contributed by atoms with Gasteiger partial charge in [0.25, 0.3) is 0 Å². The SMILES string of the molecule is COc1ccc(-c2cc(=O)c3ccccc3o2)cc1S(=O)(=O)NC(C)C. The van der Waals surface area contributed by atoms with Crippen LogP contribution in [0.15, 0.2) is 62.6 Å². The van der Waals surface area contributed by atoms with Crippen LogP contribution in [0.1, 0.15) is 13.8 Å². The quantitative estimate of drug-likeness (QED) is 0.742. The Balaban J connectivity index is 2.18. The van der Waals surface area contributed by atoms with Gasteiger partial charge in [-0.2, -0.15) is 0 Å². The van der Waals surface area contributed by atoms with E-state index in [-0.39, 0.29) is 27.9 Å². The molecule has 3 aromatic rings. The molecule has 0 saturated heterocycles. The van der Waals surface area contributed by atoms with Crippen molar-refractivity contribution >= 4 is 21.0 Å². The molecule has 0 fully saturated rings. The number of nitrogens with one attached hydrogen (secondary N) is 1. The first-order valence-corrected chi connectivity index (χ1v) is 9.54. The van der Waals surface area contributed by atoms with E-state index in [0.717, 1.165) is 0 Å². The highest BCUT2D eigenvalue weighted by Crippen LogP contribution is 2.30. The van der Waals surface area contributed by atoms with Gasteiger partial charge in [0.05, 0.1) is 12.5 Å². The minimum absolute atomic E-state index is 0.0120. The third kappa shape index (κ3) is 3.49. The number of para-hydroxylation sites is 1. The van der Waals surface area contributed by atoms with Crippen LogP contribution in [0, 0.1) is 0 Å². The van der Waals surface area contributed by atoms with Gasteiger partial charge in [0, 0.05) is 17.7 Å². The summed E-state index contributed by atoms with van der Waals surface area (Å²) in [4.78, 5) is 12.3. The Hall–Kier alpha value is -2.64. The zero-order valence-corrected chi connectivity index (χ0v) is 15.5. The van der Waals surface area contributed by atoms with Gasteiger partial charge in [-0.3, -0.25) is 4.79 Å². The van der Waals surface area contributed by atoms with Crippen LogP contribution in [0.4, 0.5) is 0 Å². The van der Waals surface area contributed by atoms with Crippen LogP contribution < -0.4 is 14.9 Å². The molecule has 2 aromatic carbocycles. The third-order valence-corrected chi connectivity index (χ3v) is 5.44. The van der Waals surface area contributed by atoms with Crippen LogP contribution in [0.5, 0.6) is 5.75 Å². The van der Waals surface area contributed by atoms with Crippen molar-refractivity contribution in [2.24, 2.45) is 0 Å². The second kappa shape index (κ2) is 6.93. The monoisotopic (exact) mass is 373 g/mol. The van der Waals surface area contributed by atoms with Gasteiger partial charge >= 0.3 is 0 Å². The molecular weight excluding hydrogens is 354 g/mol. The van der Waals surface area contributed by atoms with Gasteiger partial charge in [0.15, 0.2) is 5.43 Å². The summed E-state index contributed by atoms with van der Waals surface area (Å²) in [6.07, 6.45) is 0. The molecule has 0 saturated carbocycles. The van der Waals surface area contributed by atoms with Gasteiger partial charge in [0.1, 0.15) is 22.0 Å². The normalized spacial score (nSPS) is 11.8. The van der Waals surface area contributed by atoms with Gasteiger partial charge in [0.2, 0.25) is 10.0 Å². The van der Waals surface area contributed by atoms with Crippen LogP contribution >= 0.6 is 0 Å². The lowest BCUT2D eigenvalue weighted by Gasteiger charge is -2.14. The molecule has 136 valence electrons. The Morgan fingerprint density at radius 1 is 1.08 bits per heavy atom. The van der Waals surface area contributed by atoms with E-state index in [2.05, 4.69) is 4.72 Å². The lowest BCUT2D eigenvalue weighted by Crippen LogP contribution is -2.30. The van der Waals surface area contributed by atoms with Gasteiger partial charge < -0.3 is 9.15 Å². The molecule has 0 aliphatic heterocycles. The first kappa shape index (κ1) is 18.2. The molecule has 1 aromatic heterocycles. The molecule has 26 heavy (non-hydrogen) atoms. The maximum Gasteiger partial charge on any atom is 0.244 e. The molecule has 1 heterocycles. The van der Waals surface area contributed by atoms with E-state index in [4.69, 9.17) is 9.15 Å². The minimum atomic E-state index is -3.78. The van der Waals surface area contributed by atoms with Crippen LogP contribution in [-0.4, -0.2) is 21.6 Å². The maximum atomic E-state index is 12.6. The number of sulfonamides is 1. The van der Waals surface area contributed by atoms with E-state index in [9.17, 15) is 13.2 Å². The van der Waals surface area contributed by atoms with Gasteiger partial charge in [-0.25, -0.2) is 13.1 Å². The molecular formula is C19H19NO5S. The fourth-order valence-electron chi connectivity index (χ4n) is 2.66. The Labute approximate surface area is 151 Å². The van der Waals surface area contributed by atoms with Gasteiger partial charge in [-0.15, -0.1) is 0 Å². The molecule has 0 aliphatic rings. The standard InChI is InChI=1S/C19H19NO5S/c1-12(2)20-26(22,23)19-10-13(8-9-17(19)24-3)18-11-15(21)14-6-4-5-7-16(14)25-18/h4-12,20H,1-3H3. The second-order valence-corrected chi connectivity index (χ2v) is 7.80. The topological polar surface area (TPSA) is 85.6 Å². The molecule has 0 unspecified atom stereocenters. The average molecular weight is 373 g/mol. The van der Waals surface area contributed by atoms with Crippen molar-refractivity contribution in [3.63, 3.8) is 0 Å². The largest absolute Gasteiger partial charge is 0.495 e. The predicted molar refractivity (Wildman–Crippen MR) is 99.9 cm³/mol. The number of rotatable bonds is 5. The van der Waals surface area contributed by atoms with Crippen molar-refractivity contribution in [3.05, 3.63) is 58.8 Å². The van der Waals surface area contributed by atoms with Crippen molar-refractivity contribution in [2.75, 3.05) is 7.11 Å². The first-order valence-electron chi connectivity index (χ1n) is 8.05. The molecule has 0 spiro atoms. The van der Waals surface area contributed by atoms with E-state index < -0.39 is 10.0 Å². The number of hydrogen-bond acceptors (Lipinski definition) is 5. The zero-order valence-electron chi connectivity index (χ0n) is 14.6. The fraction of sp³-hybridized carbons (Fsp3) is 0.211. The second-order valence-electron chi connectivity index (χ2n) is 6.11. The molecule has 0 aliphatic carbocycles. The number of fused-ring (bicyclic) bond motifs is 1. The molecule has 0 amide bonds. The number of methoxy groups -OCH3 is 1. The van der Waals surface area contributed by atoms with Crippen LogP contribution in [0.3, 0.4) is 0 Å². The van der Waals surface area contributed by atoms with E-state index in [1.807, 2.05) is 0 Å². The van der Waals surface area contributed by atoms with Gasteiger partial charge in [-0.05, 0) is 44.2 Å². The number of hydrogen-bond donors (Lipinski definition) is 1. The van der Waals surface area contributed by atoms with Crippen molar-refractivity contribution in [3.8, 4) is 17.1 Å². The minimum Gasteiger partial charge on any atom is -0.495 e. The highest BCUT2D eigenvalue weighted by Gasteiger charge is 2.22. The van der Waals surface area contributed by atoms with Gasteiger partial charge in [-0.1, -0.05) is 12.1 Å². The lowest BCUT2D eigenvalue weighted by atomic mass is 10.1. The predicted octanol–water partition coefficient (Wildman–Crippen LogP) is 3.16. The fourth-order valence-corrected chi connectivity index (χ4v) is 4.11. The Morgan fingerprint density at radius 3 is 2.50 bits per heavy atom. The van der Waals surface area contributed by atoms with Crippen LogP contribution in [0.25, 0.3) is 22.3 Å². The van der Waals surface area contributed by atoms with E-state index >= 15 is 0 Å². The summed E-state index contributed by atoms with van der Waals surface area (Å²) in [6.45, 7) is 3.46. The van der Waals surface area contributed by atoms with Crippen molar-refractivity contribution in [2.45, 2.75) is 24.8 Å². The van der Waals surface area contributed by atoms with E-state index in [1.54, 1.807) is 50.2 Å². The summed E-state index contributed by atoms with van der Waals surface area (Å²) >= 11 is 0. The Morgan fingerprint density at radius 2 is 1.81 bits per heavy atom. The zero-order chi connectivity index (χ0) is 18.9. The highest BCUT2D eigenvalue weighted by molar-refractivity contribution is 7.89. The molecule has 6 nitrogen and oxygen atoms in total. The molecule has 0 radical (unpaired) electrons. The van der Waals surface area contributed by atoms with Crippen molar-refractivity contribution in [1.82, 2.24) is 4.72 Å². The van der Waals surface area contributed by atoms with E-state index in [1.165, 1.54) is 19.2 Å². The Bertz CT molecular complexity index is 1120. The molecule has 3 rings (SSSR count). The van der Waals surface area contributed by atoms with Crippen molar-refractivity contribution < 1.29 is 17.6 Å². The summed E-state index contributed by atoms with van der Waals surface area (Å²) in [5.41, 5.74) is 0.718. The molecule has 0 bridgehead atoms. The molecule has 1 N–H and O–H groups in total. The highest BCUT2D eigenvalue weighted by atomic mass is 32.2. The third-order valence-electron chi connectivity index (χ3n) is 3.76. The number of benzene rings is 2. The molecule has 7 heteroatoms. The average Bonchev–Trinajstić information content (AvgIpc) is 2.60. The summed E-state index contributed by atoms with van der Waals surface area (Å²) in [6, 6.07) is 12.6. The van der Waals surface area contributed by atoms with E-state index in [0.29, 0.717) is 16.5 Å². The van der Waals surface area contributed by atoms with Crippen LogP contribution in [-0.2, 0) is 10.0 Å². The first-order chi connectivity index (χ1) is 12.3. The summed E-state index contributed by atoms with van der Waals surface area (Å²) < 4.78 is 38.7. The lowest BCUT2D eigenvalue weighted by molar-refractivity contribution is 0.402. The Kier molecular flexibility index (Phi) is 4.84. The summed E-state index contributed by atoms with van der Waals surface area (Å²) in [5, 5.41) is 0.471. The maximum absolute atomic E-state index is 12.6. The van der Waals surface area contributed by atoms with Crippen molar-refractivity contribution in [1.29, 1.82) is 0 Å². The smallest absolute Gasteiger partial charge is 0.244 e. The summed E-state index contributed by atoms with van der Waals surface area (Å²) in [7, 11) is -2.38. The summed E-state index contributed by atoms with van der Waals surface area (Å²) in [5.74, 6) is 0.502.